The van der Waals surface area contributed by atoms with Crippen LogP contribution in [-0.2, 0) is 0 Å². The first-order valence-corrected chi connectivity index (χ1v) is 7.57. The summed E-state index contributed by atoms with van der Waals surface area (Å²) in [5.41, 5.74) is 2.37. The van der Waals surface area contributed by atoms with Gasteiger partial charge in [0.15, 0.2) is 0 Å². The van der Waals surface area contributed by atoms with Crippen LogP contribution >= 0.6 is 15.9 Å². The molecule has 20 heavy (non-hydrogen) atoms. The SMILES string of the molecule is CCCNC(c1ccc(OC)c(Br)c1)c1ccoc1C. The molecule has 0 radical (unpaired) electrons. The molecule has 1 heterocycles. The van der Waals surface area contributed by atoms with Gasteiger partial charge in [0.1, 0.15) is 11.5 Å². The van der Waals surface area contributed by atoms with Crippen LogP contribution in [-0.4, -0.2) is 13.7 Å². The summed E-state index contributed by atoms with van der Waals surface area (Å²) in [4.78, 5) is 0. The van der Waals surface area contributed by atoms with Gasteiger partial charge in [0.2, 0.25) is 0 Å². The van der Waals surface area contributed by atoms with E-state index in [0.29, 0.717) is 0 Å². The number of rotatable bonds is 6. The highest BCUT2D eigenvalue weighted by Crippen LogP contribution is 2.32. The second-order valence-corrected chi connectivity index (χ2v) is 5.57. The quantitative estimate of drug-likeness (QED) is 0.845. The van der Waals surface area contributed by atoms with Crippen molar-refractivity contribution in [2.45, 2.75) is 26.3 Å². The Hall–Kier alpha value is -1.26. The van der Waals surface area contributed by atoms with E-state index in [1.165, 1.54) is 11.1 Å². The van der Waals surface area contributed by atoms with Gasteiger partial charge in [-0.3, -0.25) is 0 Å². The van der Waals surface area contributed by atoms with Crippen LogP contribution in [0.2, 0.25) is 0 Å². The maximum atomic E-state index is 5.45. The van der Waals surface area contributed by atoms with Gasteiger partial charge in [-0.05, 0) is 59.6 Å². The van der Waals surface area contributed by atoms with Crippen molar-refractivity contribution >= 4 is 15.9 Å². The maximum absolute atomic E-state index is 5.45. The van der Waals surface area contributed by atoms with Crippen LogP contribution in [0, 0.1) is 6.92 Å². The average molecular weight is 338 g/mol. The zero-order chi connectivity index (χ0) is 14.5. The van der Waals surface area contributed by atoms with Gasteiger partial charge < -0.3 is 14.5 Å². The fourth-order valence-corrected chi connectivity index (χ4v) is 2.81. The lowest BCUT2D eigenvalue weighted by Crippen LogP contribution is -2.23. The zero-order valence-electron chi connectivity index (χ0n) is 12.1. The lowest BCUT2D eigenvalue weighted by atomic mass is 9.99. The molecular weight excluding hydrogens is 318 g/mol. The van der Waals surface area contributed by atoms with Gasteiger partial charge in [-0.15, -0.1) is 0 Å². The number of nitrogens with one attached hydrogen (secondary N) is 1. The van der Waals surface area contributed by atoms with Crippen molar-refractivity contribution in [1.82, 2.24) is 5.32 Å². The molecule has 0 fully saturated rings. The molecule has 0 spiro atoms. The van der Waals surface area contributed by atoms with Gasteiger partial charge in [0.25, 0.3) is 0 Å². The summed E-state index contributed by atoms with van der Waals surface area (Å²) in [6.45, 7) is 5.11. The van der Waals surface area contributed by atoms with Crippen molar-refractivity contribution in [2.24, 2.45) is 0 Å². The molecular formula is C16H20BrNO2. The second-order valence-electron chi connectivity index (χ2n) is 4.71. The van der Waals surface area contributed by atoms with Crippen LogP contribution in [0.3, 0.4) is 0 Å². The van der Waals surface area contributed by atoms with Crippen molar-refractivity contribution in [3.05, 3.63) is 51.9 Å². The van der Waals surface area contributed by atoms with E-state index in [4.69, 9.17) is 9.15 Å². The van der Waals surface area contributed by atoms with E-state index in [2.05, 4.69) is 40.3 Å². The summed E-state index contributed by atoms with van der Waals surface area (Å²) in [7, 11) is 1.67. The van der Waals surface area contributed by atoms with Crippen LogP contribution < -0.4 is 10.1 Å². The van der Waals surface area contributed by atoms with Crippen molar-refractivity contribution in [1.29, 1.82) is 0 Å². The molecule has 1 aromatic carbocycles. The number of hydrogen-bond acceptors (Lipinski definition) is 3. The van der Waals surface area contributed by atoms with Crippen molar-refractivity contribution in [2.75, 3.05) is 13.7 Å². The van der Waals surface area contributed by atoms with E-state index < -0.39 is 0 Å². The summed E-state index contributed by atoms with van der Waals surface area (Å²) in [5, 5.41) is 3.57. The molecule has 2 aromatic rings. The Morgan fingerprint density at radius 1 is 1.35 bits per heavy atom. The highest BCUT2D eigenvalue weighted by molar-refractivity contribution is 9.10. The number of hydrogen-bond donors (Lipinski definition) is 1. The predicted octanol–water partition coefficient (Wildman–Crippen LogP) is 4.45. The molecule has 1 aromatic heterocycles. The van der Waals surface area contributed by atoms with Gasteiger partial charge in [-0.25, -0.2) is 0 Å². The molecule has 1 atom stereocenters. The number of halogens is 1. The molecule has 0 amide bonds. The van der Waals surface area contributed by atoms with E-state index in [1.807, 2.05) is 19.1 Å². The molecule has 1 unspecified atom stereocenters. The number of ether oxygens (including phenoxy) is 1. The number of benzene rings is 1. The van der Waals surface area contributed by atoms with Gasteiger partial charge in [-0.2, -0.15) is 0 Å². The van der Waals surface area contributed by atoms with Crippen molar-refractivity contribution < 1.29 is 9.15 Å². The van der Waals surface area contributed by atoms with Crippen LogP contribution in [0.1, 0.15) is 36.3 Å². The topological polar surface area (TPSA) is 34.4 Å². The zero-order valence-corrected chi connectivity index (χ0v) is 13.7. The molecule has 1 N–H and O–H groups in total. The van der Waals surface area contributed by atoms with E-state index in [1.54, 1.807) is 13.4 Å². The van der Waals surface area contributed by atoms with E-state index in [9.17, 15) is 0 Å². The number of furan rings is 1. The molecule has 0 aliphatic heterocycles. The minimum absolute atomic E-state index is 0.135. The maximum Gasteiger partial charge on any atom is 0.133 e. The molecule has 0 bridgehead atoms. The summed E-state index contributed by atoms with van der Waals surface area (Å²) >= 11 is 3.55. The smallest absolute Gasteiger partial charge is 0.133 e. The molecule has 2 rings (SSSR count). The largest absolute Gasteiger partial charge is 0.496 e. The van der Waals surface area contributed by atoms with Crippen LogP contribution in [0.25, 0.3) is 0 Å². The monoisotopic (exact) mass is 337 g/mol. The van der Waals surface area contributed by atoms with Crippen molar-refractivity contribution in [3.63, 3.8) is 0 Å². The fraction of sp³-hybridized carbons (Fsp3) is 0.375. The average Bonchev–Trinajstić information content (AvgIpc) is 2.86. The van der Waals surface area contributed by atoms with E-state index in [0.717, 1.165) is 28.9 Å². The first kappa shape index (κ1) is 15.1. The van der Waals surface area contributed by atoms with Gasteiger partial charge in [-0.1, -0.05) is 13.0 Å². The lowest BCUT2D eigenvalue weighted by molar-refractivity contribution is 0.411. The molecule has 0 aliphatic rings. The highest BCUT2D eigenvalue weighted by Gasteiger charge is 2.18. The van der Waals surface area contributed by atoms with Gasteiger partial charge >= 0.3 is 0 Å². The Morgan fingerprint density at radius 2 is 2.15 bits per heavy atom. The van der Waals surface area contributed by atoms with Crippen LogP contribution in [0.4, 0.5) is 0 Å². The molecule has 0 saturated heterocycles. The Bertz CT molecular complexity index is 565. The standard InChI is InChI=1S/C16H20BrNO2/c1-4-8-18-16(13-7-9-20-11(13)2)12-5-6-15(19-3)14(17)10-12/h5-7,9-10,16,18H,4,8H2,1-3H3. The van der Waals surface area contributed by atoms with E-state index >= 15 is 0 Å². The third kappa shape index (κ3) is 3.25. The van der Waals surface area contributed by atoms with Crippen LogP contribution in [0.15, 0.2) is 39.4 Å². The second kappa shape index (κ2) is 6.95. The van der Waals surface area contributed by atoms with Gasteiger partial charge in [0.05, 0.1) is 23.9 Å². The third-order valence-corrected chi connectivity index (χ3v) is 3.94. The van der Waals surface area contributed by atoms with Crippen LogP contribution in [0.5, 0.6) is 5.75 Å². The molecule has 0 saturated carbocycles. The predicted molar refractivity (Wildman–Crippen MR) is 84.3 cm³/mol. The minimum Gasteiger partial charge on any atom is -0.496 e. The Kier molecular flexibility index (Phi) is 5.26. The Morgan fingerprint density at radius 3 is 2.70 bits per heavy atom. The summed E-state index contributed by atoms with van der Waals surface area (Å²) < 4.78 is 11.7. The summed E-state index contributed by atoms with van der Waals surface area (Å²) in [6.07, 6.45) is 2.83. The van der Waals surface area contributed by atoms with Gasteiger partial charge in [0, 0.05) is 5.56 Å². The third-order valence-electron chi connectivity index (χ3n) is 3.32. The number of aryl methyl sites for hydroxylation is 1. The fourth-order valence-electron chi connectivity index (χ4n) is 2.25. The number of methoxy groups -OCH3 is 1. The Balaban J connectivity index is 2.36. The first-order valence-electron chi connectivity index (χ1n) is 6.78. The Labute approximate surface area is 128 Å². The normalized spacial score (nSPS) is 12.4. The van der Waals surface area contributed by atoms with E-state index in [-0.39, 0.29) is 6.04 Å². The summed E-state index contributed by atoms with van der Waals surface area (Å²) in [5.74, 6) is 1.79. The first-order chi connectivity index (χ1) is 9.67. The summed E-state index contributed by atoms with van der Waals surface area (Å²) in [6, 6.07) is 8.33. The highest BCUT2D eigenvalue weighted by atomic mass is 79.9. The lowest BCUT2D eigenvalue weighted by Gasteiger charge is -2.19. The molecule has 4 heteroatoms. The minimum atomic E-state index is 0.135. The molecule has 0 aliphatic carbocycles. The molecule has 3 nitrogen and oxygen atoms in total. The van der Waals surface area contributed by atoms with Crippen molar-refractivity contribution in [3.8, 4) is 5.75 Å². The molecule has 108 valence electrons.